The number of ether oxygens (including phenoxy) is 1. The van der Waals surface area contributed by atoms with Gasteiger partial charge < -0.3 is 9.64 Å². The van der Waals surface area contributed by atoms with Crippen LogP contribution >= 0.6 is 0 Å². The summed E-state index contributed by atoms with van der Waals surface area (Å²) >= 11 is 0. The van der Waals surface area contributed by atoms with Crippen LogP contribution in [0.4, 0.5) is 0 Å². The average Bonchev–Trinajstić information content (AvgIpc) is 2.81. The summed E-state index contributed by atoms with van der Waals surface area (Å²) in [6.07, 6.45) is 1.70. The Bertz CT molecular complexity index is 608. The largest absolute Gasteiger partial charge is 0.466 e. The first kappa shape index (κ1) is 15.7. The second-order valence-corrected chi connectivity index (χ2v) is 6.04. The molecule has 2 amide bonds. The highest BCUT2D eigenvalue weighted by Crippen LogP contribution is 2.21. The average molecular weight is 317 g/mol. The van der Waals surface area contributed by atoms with Gasteiger partial charge in [-0.15, -0.1) is 0 Å². The maximum absolute atomic E-state index is 12.4. The summed E-state index contributed by atoms with van der Waals surface area (Å²) in [5.74, 6) is -0.798. The summed E-state index contributed by atoms with van der Waals surface area (Å²) in [7, 11) is 0. The Morgan fingerprint density at radius 2 is 1.91 bits per heavy atom. The van der Waals surface area contributed by atoms with E-state index in [2.05, 4.69) is 0 Å². The van der Waals surface area contributed by atoms with Crippen molar-refractivity contribution in [1.29, 1.82) is 0 Å². The van der Waals surface area contributed by atoms with E-state index in [-0.39, 0.29) is 23.7 Å². The van der Waals surface area contributed by atoms with Gasteiger partial charge in [-0.2, -0.15) is 0 Å². The fraction of sp³-hybridized carbons (Fsp3) is 0.471. The number of amides is 2. The molecule has 0 radical (unpaired) electrons. The Hall–Kier alpha value is -2.21. The van der Waals surface area contributed by atoms with Crippen LogP contribution in [0.1, 0.15) is 40.5 Å². The number of hydrogen-bond donors (Lipinski definition) is 1. The molecule has 2 aliphatic heterocycles. The molecule has 2 atom stereocenters. The molecule has 1 aromatic rings. The number of hydrogen-bond acceptors (Lipinski definition) is 4. The monoisotopic (exact) mass is 317 g/mol. The molecule has 0 aromatic heterocycles. The Morgan fingerprint density at radius 3 is 2.52 bits per heavy atom. The molecule has 2 aliphatic rings. The number of carbonyl (C=O) groups is 3. The summed E-state index contributed by atoms with van der Waals surface area (Å²) in [6, 6.07) is 6.89. The van der Waals surface area contributed by atoms with E-state index in [0.29, 0.717) is 30.9 Å². The minimum absolute atomic E-state index is 0.145. The molecule has 0 aliphatic carbocycles. The highest BCUT2D eigenvalue weighted by molar-refractivity contribution is 6.21. The van der Waals surface area contributed by atoms with Crippen molar-refractivity contribution < 1.29 is 24.0 Å². The molecular weight excluding hydrogens is 296 g/mol. The third-order valence-electron chi connectivity index (χ3n) is 4.50. The van der Waals surface area contributed by atoms with Crippen LogP contribution in [0.15, 0.2) is 24.3 Å². The predicted molar refractivity (Wildman–Crippen MR) is 81.9 cm³/mol. The van der Waals surface area contributed by atoms with E-state index in [9.17, 15) is 14.4 Å². The summed E-state index contributed by atoms with van der Waals surface area (Å²) in [5, 5.41) is 0. The molecule has 1 saturated heterocycles. The second kappa shape index (κ2) is 6.50. The van der Waals surface area contributed by atoms with E-state index in [4.69, 9.17) is 4.74 Å². The standard InChI is InChI=1S/C17H20N2O4/c1-2-23-17(22)12-6-5-9-18(10-12)11-19-15(20)13-7-3-4-8-14(13)16(19)21/h3-4,7-8,12H,2,5-6,9-11H2,1H3/p+1/t12-/m0/s1. The zero-order chi connectivity index (χ0) is 16.4. The van der Waals surface area contributed by atoms with Gasteiger partial charge in [0.15, 0.2) is 6.67 Å². The van der Waals surface area contributed by atoms with Crippen molar-refractivity contribution in [3.63, 3.8) is 0 Å². The molecule has 1 unspecified atom stereocenters. The van der Waals surface area contributed by atoms with Crippen LogP contribution in [0.5, 0.6) is 0 Å². The molecule has 122 valence electrons. The number of likely N-dealkylation sites (tertiary alicyclic amines) is 1. The van der Waals surface area contributed by atoms with Gasteiger partial charge in [-0.05, 0) is 31.9 Å². The molecular formula is C17H21N2O4+. The number of carbonyl (C=O) groups excluding carboxylic acids is 3. The molecule has 6 heteroatoms. The number of esters is 1. The number of nitrogens with one attached hydrogen (secondary N) is 1. The topological polar surface area (TPSA) is 68.1 Å². The van der Waals surface area contributed by atoms with Gasteiger partial charge in [-0.3, -0.25) is 14.4 Å². The summed E-state index contributed by atoms with van der Waals surface area (Å²) < 4.78 is 5.09. The van der Waals surface area contributed by atoms with E-state index < -0.39 is 0 Å². The van der Waals surface area contributed by atoms with E-state index >= 15 is 0 Å². The lowest BCUT2D eigenvalue weighted by molar-refractivity contribution is -0.914. The fourth-order valence-electron chi connectivity index (χ4n) is 3.36. The molecule has 0 bridgehead atoms. The highest BCUT2D eigenvalue weighted by atomic mass is 16.5. The number of nitrogens with zero attached hydrogens (tertiary/aromatic N) is 1. The number of piperidine rings is 1. The van der Waals surface area contributed by atoms with E-state index in [1.165, 1.54) is 4.90 Å². The molecule has 2 heterocycles. The lowest BCUT2D eigenvalue weighted by atomic mass is 9.98. The summed E-state index contributed by atoms with van der Waals surface area (Å²) in [4.78, 5) is 39.1. The normalized spacial score (nSPS) is 23.8. The van der Waals surface area contributed by atoms with Crippen LogP contribution in [-0.2, 0) is 9.53 Å². The van der Waals surface area contributed by atoms with Crippen molar-refractivity contribution >= 4 is 17.8 Å². The Kier molecular flexibility index (Phi) is 4.43. The van der Waals surface area contributed by atoms with Gasteiger partial charge in [-0.25, -0.2) is 4.90 Å². The maximum Gasteiger partial charge on any atom is 0.314 e. The van der Waals surface area contributed by atoms with Gasteiger partial charge in [0.1, 0.15) is 5.92 Å². The number of rotatable bonds is 4. The van der Waals surface area contributed by atoms with Gasteiger partial charge in [0.2, 0.25) is 0 Å². The molecule has 0 saturated carbocycles. The zero-order valence-electron chi connectivity index (χ0n) is 13.2. The van der Waals surface area contributed by atoms with E-state index in [1.54, 1.807) is 31.2 Å². The van der Waals surface area contributed by atoms with Gasteiger partial charge in [0.25, 0.3) is 11.8 Å². The minimum atomic E-state index is -0.239. The lowest BCUT2D eigenvalue weighted by Crippen LogP contribution is -3.15. The first-order valence-corrected chi connectivity index (χ1v) is 8.07. The SMILES string of the molecule is CCOC(=O)[C@H]1CCC[NH+](CN2C(=O)c3ccccc3C2=O)C1. The third-order valence-corrected chi connectivity index (χ3v) is 4.50. The molecule has 6 nitrogen and oxygen atoms in total. The molecule has 0 spiro atoms. The van der Waals surface area contributed by atoms with Gasteiger partial charge in [0, 0.05) is 0 Å². The quantitative estimate of drug-likeness (QED) is 0.632. The van der Waals surface area contributed by atoms with Crippen LogP contribution in [0, 0.1) is 5.92 Å². The number of benzene rings is 1. The van der Waals surface area contributed by atoms with Crippen molar-refractivity contribution in [2.45, 2.75) is 19.8 Å². The van der Waals surface area contributed by atoms with Gasteiger partial charge >= 0.3 is 5.97 Å². The zero-order valence-corrected chi connectivity index (χ0v) is 13.2. The number of quaternary nitrogens is 1. The number of fused-ring (bicyclic) bond motifs is 1. The van der Waals surface area contributed by atoms with Gasteiger partial charge in [0.05, 0.1) is 30.8 Å². The molecule has 1 fully saturated rings. The molecule has 1 aromatic carbocycles. The number of imide groups is 1. The van der Waals surface area contributed by atoms with Gasteiger partial charge in [-0.1, -0.05) is 12.1 Å². The second-order valence-electron chi connectivity index (χ2n) is 6.04. The van der Waals surface area contributed by atoms with Crippen LogP contribution in [0.25, 0.3) is 0 Å². The van der Waals surface area contributed by atoms with Crippen molar-refractivity contribution in [1.82, 2.24) is 4.90 Å². The third kappa shape index (κ3) is 2.99. The minimum Gasteiger partial charge on any atom is -0.466 e. The maximum atomic E-state index is 12.4. The first-order valence-electron chi connectivity index (χ1n) is 8.07. The smallest absolute Gasteiger partial charge is 0.314 e. The molecule has 1 N–H and O–H groups in total. The molecule has 23 heavy (non-hydrogen) atoms. The Balaban J connectivity index is 1.67. The van der Waals surface area contributed by atoms with E-state index in [1.807, 2.05) is 0 Å². The lowest BCUT2D eigenvalue weighted by Gasteiger charge is -2.30. The fourth-order valence-corrected chi connectivity index (χ4v) is 3.36. The molecule has 3 rings (SSSR count). The Morgan fingerprint density at radius 1 is 1.26 bits per heavy atom. The highest BCUT2D eigenvalue weighted by Gasteiger charge is 2.39. The van der Waals surface area contributed by atoms with E-state index in [0.717, 1.165) is 24.3 Å². The van der Waals surface area contributed by atoms with Crippen LogP contribution in [0.2, 0.25) is 0 Å². The van der Waals surface area contributed by atoms with Crippen molar-refractivity contribution in [3.8, 4) is 0 Å². The van der Waals surface area contributed by atoms with Crippen molar-refractivity contribution in [2.24, 2.45) is 5.92 Å². The first-order chi connectivity index (χ1) is 11.1. The predicted octanol–water partition coefficient (Wildman–Crippen LogP) is 0.0981. The van der Waals surface area contributed by atoms with Crippen molar-refractivity contribution in [2.75, 3.05) is 26.4 Å². The van der Waals surface area contributed by atoms with Crippen molar-refractivity contribution in [3.05, 3.63) is 35.4 Å². The van der Waals surface area contributed by atoms with Crippen LogP contribution in [0.3, 0.4) is 0 Å². The van der Waals surface area contributed by atoms with Crippen LogP contribution in [-0.4, -0.2) is 49.0 Å². The van der Waals surface area contributed by atoms with Crippen LogP contribution < -0.4 is 4.90 Å². The Labute approximate surface area is 135 Å². The summed E-state index contributed by atoms with van der Waals surface area (Å²) in [5.41, 5.74) is 0.937. The summed E-state index contributed by atoms with van der Waals surface area (Å²) in [6.45, 7) is 3.94.